The zero-order chi connectivity index (χ0) is 7.78. The monoisotopic (exact) mass is 163 g/mol. The first-order valence-corrected chi connectivity index (χ1v) is 5.18. The molecule has 0 heterocycles. The zero-order valence-electron chi connectivity index (χ0n) is 6.08. The summed E-state index contributed by atoms with van der Waals surface area (Å²) >= 11 is 0. The number of nitrogens with two attached hydrogens (primary N) is 1. The molecule has 0 spiro atoms. The van der Waals surface area contributed by atoms with E-state index in [-0.39, 0.29) is 5.25 Å². The molecule has 2 unspecified atom stereocenters. The Kier molecular flexibility index (Phi) is 2.01. The summed E-state index contributed by atoms with van der Waals surface area (Å²) in [7, 11) is -3.20. The lowest BCUT2D eigenvalue weighted by Gasteiger charge is -1.93. The minimum Gasteiger partial charge on any atom is -0.228 e. The van der Waals surface area contributed by atoms with Crippen LogP contribution in [0.1, 0.15) is 26.2 Å². The highest BCUT2D eigenvalue weighted by molar-refractivity contribution is 7.90. The lowest BCUT2D eigenvalue weighted by atomic mass is 10.2. The van der Waals surface area contributed by atoms with Gasteiger partial charge in [0.15, 0.2) is 0 Å². The van der Waals surface area contributed by atoms with Crippen LogP contribution in [0.5, 0.6) is 0 Å². The molecule has 1 aliphatic rings. The van der Waals surface area contributed by atoms with Gasteiger partial charge in [-0.15, -0.1) is 0 Å². The summed E-state index contributed by atoms with van der Waals surface area (Å²) in [5.41, 5.74) is 0. The Hall–Kier alpha value is -0.0900. The maximum Gasteiger partial charge on any atom is 0.212 e. The van der Waals surface area contributed by atoms with E-state index in [0.717, 1.165) is 19.3 Å². The summed E-state index contributed by atoms with van der Waals surface area (Å²) in [6.45, 7) is 2.05. The second-order valence-corrected chi connectivity index (χ2v) is 4.70. The van der Waals surface area contributed by atoms with Gasteiger partial charge in [-0.25, -0.2) is 13.6 Å². The smallest absolute Gasteiger partial charge is 0.212 e. The van der Waals surface area contributed by atoms with Gasteiger partial charge in [0.2, 0.25) is 10.0 Å². The SMILES string of the molecule is CCCC1CC1S(N)(=O)=O. The average Bonchev–Trinajstić information content (AvgIpc) is 2.44. The van der Waals surface area contributed by atoms with E-state index in [0.29, 0.717) is 5.92 Å². The van der Waals surface area contributed by atoms with Crippen molar-refractivity contribution in [1.29, 1.82) is 0 Å². The molecule has 0 aromatic heterocycles. The minimum atomic E-state index is -3.20. The van der Waals surface area contributed by atoms with Crippen molar-refractivity contribution in [2.24, 2.45) is 11.1 Å². The van der Waals surface area contributed by atoms with Crippen molar-refractivity contribution in [3.05, 3.63) is 0 Å². The van der Waals surface area contributed by atoms with Crippen LogP contribution in [0.2, 0.25) is 0 Å². The number of sulfonamides is 1. The lowest BCUT2D eigenvalue weighted by Crippen LogP contribution is -2.18. The lowest BCUT2D eigenvalue weighted by molar-refractivity contribution is 0.590. The van der Waals surface area contributed by atoms with Crippen molar-refractivity contribution in [2.45, 2.75) is 31.4 Å². The van der Waals surface area contributed by atoms with Gasteiger partial charge in [0.25, 0.3) is 0 Å². The molecule has 0 bridgehead atoms. The highest BCUT2D eigenvalue weighted by Gasteiger charge is 2.44. The van der Waals surface area contributed by atoms with Crippen LogP contribution in [0, 0.1) is 5.92 Å². The number of hydrogen-bond acceptors (Lipinski definition) is 2. The normalized spacial score (nSPS) is 32.2. The topological polar surface area (TPSA) is 60.2 Å². The van der Waals surface area contributed by atoms with Crippen LogP contribution in [0.4, 0.5) is 0 Å². The Balaban J connectivity index is 2.40. The summed E-state index contributed by atoms with van der Waals surface area (Å²) in [5.74, 6) is 0.361. The van der Waals surface area contributed by atoms with Crippen molar-refractivity contribution in [3.63, 3.8) is 0 Å². The predicted octanol–water partition coefficient (Wildman–Crippen LogP) is 0.464. The molecular formula is C6H13NO2S. The summed E-state index contributed by atoms with van der Waals surface area (Å²) < 4.78 is 21.3. The van der Waals surface area contributed by atoms with E-state index in [1.54, 1.807) is 0 Å². The van der Waals surface area contributed by atoms with Gasteiger partial charge in [-0.1, -0.05) is 13.3 Å². The number of hydrogen-bond donors (Lipinski definition) is 1. The summed E-state index contributed by atoms with van der Waals surface area (Å²) in [6.07, 6.45) is 2.84. The molecule has 3 nitrogen and oxygen atoms in total. The van der Waals surface area contributed by atoms with Gasteiger partial charge >= 0.3 is 0 Å². The van der Waals surface area contributed by atoms with Crippen molar-refractivity contribution < 1.29 is 8.42 Å². The molecule has 0 saturated heterocycles. The fourth-order valence-corrected chi connectivity index (χ4v) is 2.48. The maximum absolute atomic E-state index is 10.7. The molecule has 1 aliphatic carbocycles. The van der Waals surface area contributed by atoms with Crippen LogP contribution in [0.25, 0.3) is 0 Å². The Labute approximate surface area is 61.7 Å². The van der Waals surface area contributed by atoms with E-state index in [1.165, 1.54) is 0 Å². The zero-order valence-corrected chi connectivity index (χ0v) is 6.89. The summed E-state index contributed by atoms with van der Waals surface area (Å²) in [5, 5.41) is 4.72. The van der Waals surface area contributed by atoms with E-state index in [1.807, 2.05) is 0 Å². The quantitative estimate of drug-likeness (QED) is 0.657. The molecule has 0 amide bonds. The molecule has 4 heteroatoms. The first-order chi connectivity index (χ1) is 4.55. The molecule has 2 atom stereocenters. The summed E-state index contributed by atoms with van der Waals surface area (Å²) in [4.78, 5) is 0. The van der Waals surface area contributed by atoms with Crippen molar-refractivity contribution in [2.75, 3.05) is 0 Å². The van der Waals surface area contributed by atoms with Crippen LogP contribution in [0.15, 0.2) is 0 Å². The highest BCUT2D eigenvalue weighted by atomic mass is 32.2. The van der Waals surface area contributed by atoms with Crippen LogP contribution >= 0.6 is 0 Å². The van der Waals surface area contributed by atoms with Crippen LogP contribution in [-0.4, -0.2) is 13.7 Å². The van der Waals surface area contributed by atoms with Crippen molar-refractivity contribution in [3.8, 4) is 0 Å². The van der Waals surface area contributed by atoms with E-state index in [2.05, 4.69) is 6.92 Å². The van der Waals surface area contributed by atoms with Gasteiger partial charge in [0, 0.05) is 0 Å². The molecule has 1 fully saturated rings. The van der Waals surface area contributed by atoms with E-state index < -0.39 is 10.0 Å². The number of rotatable bonds is 3. The van der Waals surface area contributed by atoms with Gasteiger partial charge in [-0.05, 0) is 18.8 Å². The van der Waals surface area contributed by atoms with Crippen molar-refractivity contribution >= 4 is 10.0 Å². The fraction of sp³-hybridized carbons (Fsp3) is 1.00. The fourth-order valence-electron chi connectivity index (χ4n) is 1.30. The number of primary sulfonamides is 1. The van der Waals surface area contributed by atoms with Crippen molar-refractivity contribution in [1.82, 2.24) is 0 Å². The first kappa shape index (κ1) is 8.01. The Bertz CT molecular complexity index is 210. The second kappa shape index (κ2) is 2.51. The van der Waals surface area contributed by atoms with Gasteiger partial charge < -0.3 is 0 Å². The third-order valence-corrected chi connectivity index (χ3v) is 3.36. The third kappa shape index (κ3) is 1.70. The molecule has 2 N–H and O–H groups in total. The second-order valence-electron chi connectivity index (χ2n) is 2.91. The average molecular weight is 163 g/mol. The minimum absolute atomic E-state index is 0.215. The highest BCUT2D eigenvalue weighted by Crippen LogP contribution is 2.39. The molecule has 0 radical (unpaired) electrons. The van der Waals surface area contributed by atoms with E-state index in [4.69, 9.17) is 5.14 Å². The van der Waals surface area contributed by atoms with E-state index >= 15 is 0 Å². The molecule has 10 heavy (non-hydrogen) atoms. The maximum atomic E-state index is 10.7. The third-order valence-electron chi connectivity index (χ3n) is 1.94. The molecule has 0 aromatic carbocycles. The molecule has 60 valence electrons. The Morgan fingerprint density at radius 1 is 1.60 bits per heavy atom. The Morgan fingerprint density at radius 3 is 2.50 bits per heavy atom. The van der Waals surface area contributed by atoms with Crippen LogP contribution in [0.3, 0.4) is 0 Å². The van der Waals surface area contributed by atoms with Gasteiger partial charge in [0.1, 0.15) is 0 Å². The van der Waals surface area contributed by atoms with Crippen LogP contribution in [-0.2, 0) is 10.0 Å². The molecular weight excluding hydrogens is 150 g/mol. The van der Waals surface area contributed by atoms with Gasteiger partial charge in [-0.2, -0.15) is 0 Å². The molecule has 0 aromatic rings. The van der Waals surface area contributed by atoms with Gasteiger partial charge in [0.05, 0.1) is 5.25 Å². The molecule has 0 aliphatic heterocycles. The Morgan fingerprint density at radius 2 is 2.20 bits per heavy atom. The van der Waals surface area contributed by atoms with E-state index in [9.17, 15) is 8.42 Å². The predicted molar refractivity (Wildman–Crippen MR) is 39.9 cm³/mol. The van der Waals surface area contributed by atoms with Crippen LogP contribution < -0.4 is 5.14 Å². The standard InChI is InChI=1S/C6H13NO2S/c1-2-3-5-4-6(5)10(7,8)9/h5-6H,2-4H2,1H3,(H2,7,8,9). The first-order valence-electron chi connectivity index (χ1n) is 3.57. The summed E-state index contributed by atoms with van der Waals surface area (Å²) in [6, 6.07) is 0. The molecule has 1 saturated carbocycles. The van der Waals surface area contributed by atoms with Gasteiger partial charge in [-0.3, -0.25) is 0 Å². The largest absolute Gasteiger partial charge is 0.228 e. The molecule has 1 rings (SSSR count).